The van der Waals surface area contributed by atoms with Crippen LogP contribution in [-0.4, -0.2) is 18.6 Å². The molecule has 6 heteroatoms. The van der Waals surface area contributed by atoms with Crippen molar-refractivity contribution in [3.63, 3.8) is 0 Å². The summed E-state index contributed by atoms with van der Waals surface area (Å²) in [6, 6.07) is 10.8. The summed E-state index contributed by atoms with van der Waals surface area (Å²) >= 11 is 0. The second-order valence-electron chi connectivity index (χ2n) is 5.53. The predicted molar refractivity (Wildman–Crippen MR) is 89.0 cm³/mol. The summed E-state index contributed by atoms with van der Waals surface area (Å²) in [5, 5.41) is 5.55. The maximum Gasteiger partial charge on any atom is 0.248 e. The van der Waals surface area contributed by atoms with Crippen LogP contribution in [0.4, 0.5) is 11.4 Å². The molecular formula is C18H14N2O4. The molecule has 2 aromatic carbocycles. The molecule has 120 valence electrons. The fraction of sp³-hybridized carbons (Fsp3) is 0.111. The van der Waals surface area contributed by atoms with Crippen molar-refractivity contribution in [1.82, 2.24) is 0 Å². The fourth-order valence-corrected chi connectivity index (χ4v) is 2.68. The lowest BCUT2D eigenvalue weighted by atomic mass is 10.1. The van der Waals surface area contributed by atoms with Crippen molar-refractivity contribution in [2.24, 2.45) is 0 Å². The summed E-state index contributed by atoms with van der Waals surface area (Å²) in [5.74, 6) is 1.10. The predicted octanol–water partition coefficient (Wildman–Crippen LogP) is 2.56. The summed E-state index contributed by atoms with van der Waals surface area (Å²) < 4.78 is 10.6. The minimum atomic E-state index is -0.245. The van der Waals surface area contributed by atoms with Crippen LogP contribution in [0.25, 0.3) is 6.08 Å². The quantitative estimate of drug-likeness (QED) is 0.852. The van der Waals surface area contributed by atoms with E-state index in [-0.39, 0.29) is 18.6 Å². The minimum Gasteiger partial charge on any atom is -0.454 e. The van der Waals surface area contributed by atoms with Crippen LogP contribution in [0, 0.1) is 0 Å². The van der Waals surface area contributed by atoms with E-state index in [1.165, 1.54) is 6.08 Å². The molecule has 2 aromatic rings. The highest BCUT2D eigenvalue weighted by Crippen LogP contribution is 2.32. The van der Waals surface area contributed by atoms with Crippen molar-refractivity contribution in [2.45, 2.75) is 6.42 Å². The van der Waals surface area contributed by atoms with Crippen LogP contribution >= 0.6 is 0 Å². The van der Waals surface area contributed by atoms with E-state index in [9.17, 15) is 9.59 Å². The Labute approximate surface area is 138 Å². The smallest absolute Gasteiger partial charge is 0.248 e. The van der Waals surface area contributed by atoms with Gasteiger partial charge in [-0.25, -0.2) is 0 Å². The lowest BCUT2D eigenvalue weighted by Crippen LogP contribution is -2.07. The molecule has 2 heterocycles. The average molecular weight is 322 g/mol. The molecule has 0 spiro atoms. The molecule has 0 saturated heterocycles. The number of carbonyl (C=O) groups excluding carboxylic acids is 2. The third-order valence-corrected chi connectivity index (χ3v) is 3.82. The van der Waals surface area contributed by atoms with Gasteiger partial charge in [-0.15, -0.1) is 0 Å². The van der Waals surface area contributed by atoms with Gasteiger partial charge in [-0.2, -0.15) is 0 Å². The van der Waals surface area contributed by atoms with Gasteiger partial charge < -0.3 is 20.1 Å². The van der Waals surface area contributed by atoms with Crippen LogP contribution in [0.1, 0.15) is 11.1 Å². The Morgan fingerprint density at radius 3 is 2.92 bits per heavy atom. The number of amides is 2. The van der Waals surface area contributed by atoms with Gasteiger partial charge in [0.05, 0.1) is 6.42 Å². The van der Waals surface area contributed by atoms with Gasteiger partial charge in [-0.1, -0.05) is 6.07 Å². The second kappa shape index (κ2) is 5.73. The Hall–Kier alpha value is -3.28. The van der Waals surface area contributed by atoms with Crippen molar-refractivity contribution in [3.05, 3.63) is 53.6 Å². The zero-order valence-corrected chi connectivity index (χ0v) is 12.7. The van der Waals surface area contributed by atoms with Crippen LogP contribution in [0.5, 0.6) is 11.5 Å². The van der Waals surface area contributed by atoms with Crippen LogP contribution in [0.3, 0.4) is 0 Å². The van der Waals surface area contributed by atoms with Crippen molar-refractivity contribution in [2.75, 3.05) is 17.4 Å². The van der Waals surface area contributed by atoms with Gasteiger partial charge in [0.2, 0.25) is 18.6 Å². The van der Waals surface area contributed by atoms with E-state index in [1.54, 1.807) is 24.3 Å². The molecule has 2 amide bonds. The lowest BCUT2D eigenvalue weighted by Gasteiger charge is -2.04. The highest BCUT2D eigenvalue weighted by atomic mass is 16.7. The third-order valence-electron chi connectivity index (χ3n) is 3.82. The number of hydrogen-bond donors (Lipinski definition) is 2. The number of anilines is 2. The highest BCUT2D eigenvalue weighted by molar-refractivity contribution is 6.03. The van der Waals surface area contributed by atoms with Gasteiger partial charge in [0.1, 0.15) is 0 Å². The second-order valence-corrected chi connectivity index (χ2v) is 5.53. The van der Waals surface area contributed by atoms with Gasteiger partial charge in [0, 0.05) is 17.5 Å². The molecule has 4 rings (SSSR count). The number of fused-ring (bicyclic) bond motifs is 2. The van der Waals surface area contributed by atoms with Crippen LogP contribution in [0.15, 0.2) is 42.5 Å². The molecule has 0 fully saturated rings. The Kier molecular flexibility index (Phi) is 3.42. The SMILES string of the molecule is O=C(/C=C/c1ccc2c(c1)OCO2)Nc1ccc2c(c1)CC(=O)N2. The van der Waals surface area contributed by atoms with E-state index >= 15 is 0 Å². The van der Waals surface area contributed by atoms with Crippen LogP contribution < -0.4 is 20.1 Å². The molecule has 0 bridgehead atoms. The Balaban J connectivity index is 1.43. The first-order valence-electron chi connectivity index (χ1n) is 7.49. The number of ether oxygens (including phenoxy) is 2. The number of benzene rings is 2. The van der Waals surface area contributed by atoms with Crippen molar-refractivity contribution < 1.29 is 19.1 Å². The summed E-state index contributed by atoms with van der Waals surface area (Å²) in [6.45, 7) is 0.221. The average Bonchev–Trinajstić information content (AvgIpc) is 3.17. The monoisotopic (exact) mass is 322 g/mol. The van der Waals surface area contributed by atoms with E-state index in [4.69, 9.17) is 9.47 Å². The molecule has 0 saturated carbocycles. The molecular weight excluding hydrogens is 308 g/mol. The Bertz CT molecular complexity index is 873. The van der Waals surface area contributed by atoms with Gasteiger partial charge in [-0.05, 0) is 47.5 Å². The molecule has 2 aliphatic rings. The molecule has 0 aliphatic carbocycles. The van der Waals surface area contributed by atoms with Crippen molar-refractivity contribution in [1.29, 1.82) is 0 Å². The fourth-order valence-electron chi connectivity index (χ4n) is 2.68. The number of hydrogen-bond acceptors (Lipinski definition) is 4. The standard InChI is InChI=1S/C18H14N2O4/c21-17(6-2-11-1-5-15-16(7-11)24-10-23-15)19-13-3-4-14-12(8-13)9-18(22)20-14/h1-8H,9-10H2,(H,19,21)(H,20,22)/b6-2+. The summed E-state index contributed by atoms with van der Waals surface area (Å²) in [7, 11) is 0. The first kappa shape index (κ1) is 14.3. The van der Waals surface area contributed by atoms with Gasteiger partial charge in [0.25, 0.3) is 0 Å². The topological polar surface area (TPSA) is 76.7 Å². The molecule has 0 unspecified atom stereocenters. The molecule has 0 radical (unpaired) electrons. The Morgan fingerprint density at radius 2 is 2.00 bits per heavy atom. The third kappa shape index (κ3) is 2.81. The van der Waals surface area contributed by atoms with Gasteiger partial charge >= 0.3 is 0 Å². The van der Waals surface area contributed by atoms with Crippen molar-refractivity contribution in [3.8, 4) is 11.5 Å². The van der Waals surface area contributed by atoms with E-state index in [0.29, 0.717) is 23.6 Å². The summed E-state index contributed by atoms with van der Waals surface area (Å²) in [6.07, 6.45) is 3.50. The zero-order valence-electron chi connectivity index (χ0n) is 12.7. The van der Waals surface area contributed by atoms with Gasteiger partial charge in [0.15, 0.2) is 11.5 Å². The summed E-state index contributed by atoms with van der Waals surface area (Å²) in [5.41, 5.74) is 3.19. The normalized spacial score (nSPS) is 14.6. The first-order valence-corrected chi connectivity index (χ1v) is 7.49. The van der Waals surface area contributed by atoms with E-state index < -0.39 is 0 Å². The zero-order chi connectivity index (χ0) is 16.5. The van der Waals surface area contributed by atoms with E-state index in [2.05, 4.69) is 10.6 Å². The first-order chi connectivity index (χ1) is 11.7. The van der Waals surface area contributed by atoms with E-state index in [1.807, 2.05) is 18.2 Å². The number of rotatable bonds is 3. The largest absolute Gasteiger partial charge is 0.454 e. The van der Waals surface area contributed by atoms with Gasteiger partial charge in [-0.3, -0.25) is 9.59 Å². The van der Waals surface area contributed by atoms with Crippen LogP contribution in [-0.2, 0) is 16.0 Å². The molecule has 0 atom stereocenters. The molecule has 24 heavy (non-hydrogen) atoms. The molecule has 2 aliphatic heterocycles. The molecule has 0 aromatic heterocycles. The number of carbonyl (C=O) groups is 2. The lowest BCUT2D eigenvalue weighted by molar-refractivity contribution is -0.115. The van der Waals surface area contributed by atoms with Crippen molar-refractivity contribution >= 4 is 29.3 Å². The Morgan fingerprint density at radius 1 is 1.12 bits per heavy atom. The summed E-state index contributed by atoms with van der Waals surface area (Å²) in [4.78, 5) is 23.4. The maximum absolute atomic E-state index is 12.0. The molecule has 6 nitrogen and oxygen atoms in total. The van der Waals surface area contributed by atoms with E-state index in [0.717, 1.165) is 16.8 Å². The minimum absolute atomic E-state index is 0.0313. The maximum atomic E-state index is 12.0. The highest BCUT2D eigenvalue weighted by Gasteiger charge is 2.17. The molecule has 2 N–H and O–H groups in total. The number of nitrogens with one attached hydrogen (secondary N) is 2. The van der Waals surface area contributed by atoms with Crippen LogP contribution in [0.2, 0.25) is 0 Å².